The standard InChI is InChI=1S/C24H22N2O4/c1-29-21-10-7-15(12-22(21)30-2)24-19-11-14-5-3-4-6-17(14)23(19)18-13-16(26(27)28)8-9-20(18)25-24/h3-10,12-13,19,23-25H,11H2,1-2H3/t19-,23+,24-/m0/s1. The summed E-state index contributed by atoms with van der Waals surface area (Å²) in [7, 11) is 3.27. The fourth-order valence-electron chi connectivity index (χ4n) is 5.04. The van der Waals surface area contributed by atoms with E-state index in [0.29, 0.717) is 11.5 Å². The molecule has 0 unspecified atom stereocenters. The molecule has 6 heteroatoms. The van der Waals surface area contributed by atoms with E-state index in [2.05, 4.69) is 29.6 Å². The Kier molecular flexibility index (Phi) is 4.35. The van der Waals surface area contributed by atoms with Crippen molar-refractivity contribution in [3.8, 4) is 11.5 Å². The Morgan fingerprint density at radius 3 is 2.53 bits per heavy atom. The smallest absolute Gasteiger partial charge is 0.269 e. The topological polar surface area (TPSA) is 73.6 Å². The van der Waals surface area contributed by atoms with Gasteiger partial charge in [0.2, 0.25) is 0 Å². The van der Waals surface area contributed by atoms with E-state index >= 15 is 0 Å². The normalized spacial score (nSPS) is 21.1. The van der Waals surface area contributed by atoms with Crippen LogP contribution in [0, 0.1) is 16.0 Å². The molecule has 6 nitrogen and oxygen atoms in total. The molecule has 1 heterocycles. The molecule has 0 aromatic heterocycles. The van der Waals surface area contributed by atoms with Gasteiger partial charge < -0.3 is 14.8 Å². The van der Waals surface area contributed by atoms with Crippen molar-refractivity contribution in [3.05, 3.63) is 93.0 Å². The van der Waals surface area contributed by atoms with Crippen molar-refractivity contribution in [1.29, 1.82) is 0 Å². The highest BCUT2D eigenvalue weighted by Gasteiger charge is 2.43. The van der Waals surface area contributed by atoms with Crippen LogP contribution in [0.25, 0.3) is 0 Å². The van der Waals surface area contributed by atoms with E-state index in [-0.39, 0.29) is 28.5 Å². The first-order chi connectivity index (χ1) is 14.6. The Labute approximate surface area is 174 Å². The van der Waals surface area contributed by atoms with Gasteiger partial charge in [-0.2, -0.15) is 0 Å². The molecule has 3 aromatic carbocycles. The van der Waals surface area contributed by atoms with E-state index in [9.17, 15) is 10.1 Å². The molecule has 3 atom stereocenters. The van der Waals surface area contributed by atoms with Gasteiger partial charge in [0.15, 0.2) is 11.5 Å². The molecule has 2 aliphatic rings. The summed E-state index contributed by atoms with van der Waals surface area (Å²) in [6.45, 7) is 0. The molecule has 152 valence electrons. The van der Waals surface area contributed by atoms with Gasteiger partial charge in [-0.05, 0) is 52.8 Å². The summed E-state index contributed by atoms with van der Waals surface area (Å²) in [5.41, 5.74) is 5.74. The van der Waals surface area contributed by atoms with Gasteiger partial charge in [-0.15, -0.1) is 0 Å². The molecule has 0 amide bonds. The van der Waals surface area contributed by atoms with Gasteiger partial charge in [-0.3, -0.25) is 10.1 Å². The molecule has 30 heavy (non-hydrogen) atoms. The third-order valence-electron chi connectivity index (χ3n) is 6.36. The number of fused-ring (bicyclic) bond motifs is 5. The molecule has 0 saturated heterocycles. The number of rotatable bonds is 4. The molecule has 0 fully saturated rings. The Balaban J connectivity index is 1.65. The lowest BCUT2D eigenvalue weighted by Gasteiger charge is -2.38. The van der Waals surface area contributed by atoms with Crippen LogP contribution in [-0.2, 0) is 6.42 Å². The highest BCUT2D eigenvalue weighted by molar-refractivity contribution is 5.65. The maximum Gasteiger partial charge on any atom is 0.269 e. The number of methoxy groups -OCH3 is 2. The molecule has 5 rings (SSSR count). The van der Waals surface area contributed by atoms with Crippen LogP contribution in [0.15, 0.2) is 60.7 Å². The summed E-state index contributed by atoms with van der Waals surface area (Å²) in [5, 5.41) is 15.1. The molecule has 0 radical (unpaired) electrons. The summed E-state index contributed by atoms with van der Waals surface area (Å²) in [5.74, 6) is 1.74. The number of nitrogens with zero attached hydrogens (tertiary/aromatic N) is 1. The molecule has 0 bridgehead atoms. The highest BCUT2D eigenvalue weighted by Crippen LogP contribution is 2.54. The molecule has 0 spiro atoms. The number of ether oxygens (including phenoxy) is 2. The average molecular weight is 402 g/mol. The quantitative estimate of drug-likeness (QED) is 0.486. The van der Waals surface area contributed by atoms with Crippen molar-refractivity contribution in [3.63, 3.8) is 0 Å². The summed E-state index contributed by atoms with van der Waals surface area (Å²) in [6, 6.07) is 19.6. The largest absolute Gasteiger partial charge is 0.493 e. The summed E-state index contributed by atoms with van der Waals surface area (Å²) >= 11 is 0. The van der Waals surface area contributed by atoms with Crippen molar-refractivity contribution in [2.75, 3.05) is 19.5 Å². The van der Waals surface area contributed by atoms with Crippen LogP contribution >= 0.6 is 0 Å². The third-order valence-corrected chi connectivity index (χ3v) is 6.36. The number of benzene rings is 3. The minimum Gasteiger partial charge on any atom is -0.493 e. The molecule has 1 aliphatic carbocycles. The lowest BCUT2D eigenvalue weighted by atomic mass is 9.75. The van der Waals surface area contributed by atoms with E-state index in [1.165, 1.54) is 11.1 Å². The number of hydrogen-bond donors (Lipinski definition) is 1. The Hall–Kier alpha value is -3.54. The van der Waals surface area contributed by atoms with Crippen molar-refractivity contribution in [1.82, 2.24) is 0 Å². The van der Waals surface area contributed by atoms with Crippen LogP contribution in [0.3, 0.4) is 0 Å². The Bertz CT molecular complexity index is 1140. The molecular formula is C24H22N2O4. The number of non-ortho nitro benzene ring substituents is 1. The highest BCUT2D eigenvalue weighted by atomic mass is 16.6. The lowest BCUT2D eigenvalue weighted by Crippen LogP contribution is -2.30. The molecule has 0 saturated carbocycles. The minimum absolute atomic E-state index is 0.0520. The second-order valence-electron chi connectivity index (χ2n) is 7.81. The molecule has 3 aromatic rings. The SMILES string of the molecule is COc1ccc([C@@H]2Nc3ccc([N+](=O)[O-])cc3[C@H]3c4ccccc4C[C@@H]32)cc1OC. The van der Waals surface area contributed by atoms with Gasteiger partial charge in [-0.25, -0.2) is 0 Å². The van der Waals surface area contributed by atoms with Gasteiger partial charge in [0.05, 0.1) is 25.2 Å². The van der Waals surface area contributed by atoms with E-state index in [4.69, 9.17) is 9.47 Å². The first kappa shape index (κ1) is 18.5. The predicted molar refractivity (Wildman–Crippen MR) is 114 cm³/mol. The second-order valence-corrected chi connectivity index (χ2v) is 7.81. The van der Waals surface area contributed by atoms with Gasteiger partial charge in [0.25, 0.3) is 5.69 Å². The molecule has 1 N–H and O–H groups in total. The fraction of sp³-hybridized carbons (Fsp3) is 0.250. The first-order valence-electron chi connectivity index (χ1n) is 9.95. The lowest BCUT2D eigenvalue weighted by molar-refractivity contribution is -0.384. The van der Waals surface area contributed by atoms with Crippen molar-refractivity contribution < 1.29 is 14.4 Å². The van der Waals surface area contributed by atoms with E-state index in [1.54, 1.807) is 26.4 Å². The molecule has 1 aliphatic heterocycles. The number of nitro benzene ring substituents is 1. The summed E-state index contributed by atoms with van der Waals surface area (Å²) < 4.78 is 10.9. The number of anilines is 1. The molecular weight excluding hydrogens is 380 g/mol. The third kappa shape index (κ3) is 2.79. The van der Waals surface area contributed by atoms with Gasteiger partial charge in [0.1, 0.15) is 0 Å². The van der Waals surface area contributed by atoms with E-state index < -0.39 is 0 Å². The summed E-state index contributed by atoms with van der Waals surface area (Å²) in [4.78, 5) is 11.1. The van der Waals surface area contributed by atoms with Crippen molar-refractivity contribution in [2.45, 2.75) is 18.4 Å². The van der Waals surface area contributed by atoms with E-state index in [1.807, 2.05) is 24.3 Å². The second kappa shape index (κ2) is 7.06. The maximum absolute atomic E-state index is 11.4. The van der Waals surface area contributed by atoms with Crippen LogP contribution in [0.1, 0.15) is 34.2 Å². The van der Waals surface area contributed by atoms with Crippen LogP contribution in [0.2, 0.25) is 0 Å². The van der Waals surface area contributed by atoms with E-state index in [0.717, 1.165) is 23.2 Å². The maximum atomic E-state index is 11.4. The van der Waals surface area contributed by atoms with Gasteiger partial charge in [-0.1, -0.05) is 30.3 Å². The Morgan fingerprint density at radius 2 is 1.77 bits per heavy atom. The van der Waals surface area contributed by atoms with Gasteiger partial charge >= 0.3 is 0 Å². The van der Waals surface area contributed by atoms with Crippen LogP contribution in [0.5, 0.6) is 11.5 Å². The fourth-order valence-corrected chi connectivity index (χ4v) is 5.04. The Morgan fingerprint density at radius 1 is 0.967 bits per heavy atom. The van der Waals surface area contributed by atoms with Crippen LogP contribution < -0.4 is 14.8 Å². The van der Waals surface area contributed by atoms with Gasteiger partial charge in [0, 0.05) is 23.7 Å². The zero-order valence-electron chi connectivity index (χ0n) is 16.8. The van der Waals surface area contributed by atoms with Crippen LogP contribution in [-0.4, -0.2) is 19.1 Å². The summed E-state index contributed by atoms with van der Waals surface area (Å²) in [6.07, 6.45) is 0.912. The monoisotopic (exact) mass is 402 g/mol. The van der Waals surface area contributed by atoms with Crippen molar-refractivity contribution >= 4 is 11.4 Å². The predicted octanol–water partition coefficient (Wildman–Crippen LogP) is 5.08. The number of nitro groups is 1. The van der Waals surface area contributed by atoms with Crippen molar-refractivity contribution in [2.24, 2.45) is 5.92 Å². The first-order valence-corrected chi connectivity index (χ1v) is 9.95. The minimum atomic E-state index is -0.323. The van der Waals surface area contributed by atoms with Crippen LogP contribution in [0.4, 0.5) is 11.4 Å². The average Bonchev–Trinajstić information content (AvgIpc) is 3.17. The number of hydrogen-bond acceptors (Lipinski definition) is 5. The zero-order valence-corrected chi connectivity index (χ0v) is 16.8. The zero-order chi connectivity index (χ0) is 20.8. The number of nitrogens with one attached hydrogen (secondary N) is 1.